The largest absolute Gasteiger partial charge is 0.329 e. The third kappa shape index (κ3) is 4.04. The van der Waals surface area contributed by atoms with Crippen molar-refractivity contribution < 1.29 is 4.39 Å². The predicted molar refractivity (Wildman–Crippen MR) is 86.5 cm³/mol. The van der Waals surface area contributed by atoms with Crippen LogP contribution in [0.15, 0.2) is 24.3 Å². The van der Waals surface area contributed by atoms with Gasteiger partial charge in [0.25, 0.3) is 0 Å². The Hall–Kier alpha value is -0.930. The van der Waals surface area contributed by atoms with E-state index in [2.05, 4.69) is 18.7 Å². The molecule has 1 aliphatic rings. The Kier molecular flexibility index (Phi) is 5.77. The predicted octanol–water partition coefficient (Wildman–Crippen LogP) is 3.95. The summed E-state index contributed by atoms with van der Waals surface area (Å²) in [5.74, 6) is 0.653. The van der Waals surface area contributed by atoms with Gasteiger partial charge >= 0.3 is 0 Å². The van der Waals surface area contributed by atoms with Gasteiger partial charge in [-0.05, 0) is 62.3 Å². The molecule has 2 rings (SSSR count). The second kappa shape index (κ2) is 7.37. The molecule has 118 valence electrons. The summed E-state index contributed by atoms with van der Waals surface area (Å²) >= 11 is 0. The third-order valence-electron chi connectivity index (χ3n) is 5.04. The molecule has 0 saturated heterocycles. The summed E-state index contributed by atoms with van der Waals surface area (Å²) in [5, 5.41) is 0. The molecule has 2 N–H and O–H groups in total. The highest BCUT2D eigenvalue weighted by molar-refractivity contribution is 5.16. The van der Waals surface area contributed by atoms with Gasteiger partial charge in [0.15, 0.2) is 0 Å². The van der Waals surface area contributed by atoms with E-state index in [1.165, 1.54) is 31.2 Å². The molecular weight excluding hydrogens is 263 g/mol. The summed E-state index contributed by atoms with van der Waals surface area (Å²) in [7, 11) is 0. The summed E-state index contributed by atoms with van der Waals surface area (Å²) in [6.07, 6.45) is 6.03. The average molecular weight is 292 g/mol. The average Bonchev–Trinajstić information content (AvgIpc) is 2.50. The first-order chi connectivity index (χ1) is 10.1. The lowest BCUT2D eigenvalue weighted by molar-refractivity contribution is 0.0376. The highest BCUT2D eigenvalue weighted by atomic mass is 19.1. The quantitative estimate of drug-likeness (QED) is 0.860. The van der Waals surface area contributed by atoms with E-state index < -0.39 is 0 Å². The van der Waals surface area contributed by atoms with E-state index in [0.717, 1.165) is 32.0 Å². The number of benzene rings is 1. The van der Waals surface area contributed by atoms with Gasteiger partial charge in [-0.1, -0.05) is 26.0 Å². The van der Waals surface area contributed by atoms with Gasteiger partial charge in [-0.2, -0.15) is 0 Å². The van der Waals surface area contributed by atoms with Gasteiger partial charge in [-0.15, -0.1) is 0 Å². The minimum atomic E-state index is -0.166. The molecule has 1 fully saturated rings. The summed E-state index contributed by atoms with van der Waals surface area (Å²) in [6.45, 7) is 7.21. The van der Waals surface area contributed by atoms with Crippen molar-refractivity contribution in [2.24, 2.45) is 11.7 Å². The maximum atomic E-state index is 13.1. The highest BCUT2D eigenvalue weighted by Crippen LogP contribution is 2.36. The molecule has 1 aliphatic carbocycles. The molecule has 1 aromatic rings. The Morgan fingerprint density at radius 2 is 1.86 bits per heavy atom. The molecule has 0 radical (unpaired) electrons. The van der Waals surface area contributed by atoms with Crippen LogP contribution in [0.4, 0.5) is 4.39 Å². The molecule has 3 heteroatoms. The summed E-state index contributed by atoms with van der Waals surface area (Å²) < 4.78 is 13.1. The van der Waals surface area contributed by atoms with E-state index in [4.69, 9.17) is 5.73 Å². The van der Waals surface area contributed by atoms with Crippen LogP contribution in [0.25, 0.3) is 0 Å². The first kappa shape index (κ1) is 16.4. The molecule has 2 nitrogen and oxygen atoms in total. The molecule has 0 unspecified atom stereocenters. The van der Waals surface area contributed by atoms with Crippen molar-refractivity contribution in [3.63, 3.8) is 0 Å². The number of halogens is 1. The lowest BCUT2D eigenvalue weighted by atomic mass is 9.75. The van der Waals surface area contributed by atoms with Crippen molar-refractivity contribution in [2.75, 3.05) is 13.1 Å². The molecule has 0 amide bonds. The minimum absolute atomic E-state index is 0.136. The summed E-state index contributed by atoms with van der Waals surface area (Å²) in [5.41, 5.74) is 7.50. The van der Waals surface area contributed by atoms with Gasteiger partial charge in [-0.25, -0.2) is 4.39 Å². The van der Waals surface area contributed by atoms with Crippen LogP contribution in [0, 0.1) is 11.7 Å². The monoisotopic (exact) mass is 292 g/mol. The van der Waals surface area contributed by atoms with Gasteiger partial charge in [0.05, 0.1) is 0 Å². The molecule has 0 aliphatic heterocycles. The lowest BCUT2D eigenvalue weighted by Crippen LogP contribution is -2.55. The highest BCUT2D eigenvalue weighted by Gasteiger charge is 2.37. The molecule has 0 atom stereocenters. The van der Waals surface area contributed by atoms with Gasteiger partial charge in [-0.3, -0.25) is 4.90 Å². The molecule has 0 aromatic heterocycles. The maximum absolute atomic E-state index is 13.1. The minimum Gasteiger partial charge on any atom is -0.329 e. The van der Waals surface area contributed by atoms with Crippen molar-refractivity contribution in [1.82, 2.24) is 4.90 Å². The van der Waals surface area contributed by atoms with E-state index in [0.29, 0.717) is 0 Å². The fourth-order valence-electron chi connectivity index (χ4n) is 3.51. The molecular formula is C18H29FN2. The topological polar surface area (TPSA) is 29.3 Å². The Labute approximate surface area is 128 Å². The zero-order valence-corrected chi connectivity index (χ0v) is 13.4. The number of rotatable bonds is 6. The fraction of sp³-hybridized carbons (Fsp3) is 0.667. The maximum Gasteiger partial charge on any atom is 0.123 e. The Morgan fingerprint density at radius 1 is 1.24 bits per heavy atom. The number of nitrogens with zero attached hydrogens (tertiary/aromatic N) is 1. The zero-order chi connectivity index (χ0) is 15.3. The second-order valence-electron chi connectivity index (χ2n) is 6.66. The fourth-order valence-corrected chi connectivity index (χ4v) is 3.51. The van der Waals surface area contributed by atoms with E-state index in [1.807, 2.05) is 12.1 Å². The Bertz CT molecular complexity index is 421. The first-order valence-corrected chi connectivity index (χ1v) is 8.29. The van der Waals surface area contributed by atoms with Gasteiger partial charge < -0.3 is 5.73 Å². The number of nitrogens with two attached hydrogens (primary N) is 1. The van der Waals surface area contributed by atoms with Crippen molar-refractivity contribution in [3.05, 3.63) is 35.6 Å². The smallest absolute Gasteiger partial charge is 0.123 e. The van der Waals surface area contributed by atoms with Crippen LogP contribution in [-0.4, -0.2) is 23.5 Å². The Morgan fingerprint density at radius 3 is 2.38 bits per heavy atom. The van der Waals surface area contributed by atoms with Crippen LogP contribution in [0.5, 0.6) is 0 Å². The molecule has 1 saturated carbocycles. The van der Waals surface area contributed by atoms with Crippen molar-refractivity contribution in [1.29, 1.82) is 0 Å². The number of hydrogen-bond acceptors (Lipinski definition) is 2. The second-order valence-corrected chi connectivity index (χ2v) is 6.66. The van der Waals surface area contributed by atoms with E-state index in [9.17, 15) is 4.39 Å². The van der Waals surface area contributed by atoms with E-state index in [-0.39, 0.29) is 11.4 Å². The van der Waals surface area contributed by atoms with Crippen LogP contribution in [0.3, 0.4) is 0 Å². The van der Waals surface area contributed by atoms with Crippen LogP contribution in [0.1, 0.15) is 51.5 Å². The van der Waals surface area contributed by atoms with Gasteiger partial charge in [0.2, 0.25) is 0 Å². The van der Waals surface area contributed by atoms with Crippen LogP contribution < -0.4 is 5.73 Å². The van der Waals surface area contributed by atoms with E-state index in [1.54, 1.807) is 12.1 Å². The molecule has 0 bridgehead atoms. The summed E-state index contributed by atoms with van der Waals surface area (Å²) in [6, 6.07) is 6.90. The van der Waals surface area contributed by atoms with E-state index >= 15 is 0 Å². The normalized spacial score (nSPS) is 26.2. The zero-order valence-electron chi connectivity index (χ0n) is 13.4. The third-order valence-corrected chi connectivity index (χ3v) is 5.04. The Balaban J connectivity index is 2.14. The van der Waals surface area contributed by atoms with Crippen molar-refractivity contribution in [2.45, 2.75) is 58.0 Å². The lowest BCUT2D eigenvalue weighted by Gasteiger charge is -2.47. The first-order valence-electron chi connectivity index (χ1n) is 8.29. The summed E-state index contributed by atoms with van der Waals surface area (Å²) in [4.78, 5) is 2.55. The van der Waals surface area contributed by atoms with Crippen molar-refractivity contribution >= 4 is 0 Å². The van der Waals surface area contributed by atoms with Crippen LogP contribution in [-0.2, 0) is 6.54 Å². The standard InChI is InChI=1S/C18H29FN2/c1-3-12-21(13-16-4-6-17(19)7-5-16)18(14-20)10-8-15(2)9-11-18/h4-7,15H,3,8-14,20H2,1-2H3. The molecule has 0 spiro atoms. The molecule has 0 heterocycles. The van der Waals surface area contributed by atoms with Crippen LogP contribution in [0.2, 0.25) is 0 Å². The number of hydrogen-bond donors (Lipinski definition) is 1. The van der Waals surface area contributed by atoms with Gasteiger partial charge in [0, 0.05) is 18.6 Å². The molecule has 21 heavy (non-hydrogen) atoms. The van der Waals surface area contributed by atoms with Crippen LogP contribution >= 0.6 is 0 Å². The molecule has 1 aromatic carbocycles. The van der Waals surface area contributed by atoms with Crippen molar-refractivity contribution in [3.8, 4) is 0 Å². The SMILES string of the molecule is CCCN(Cc1ccc(F)cc1)C1(CN)CCC(C)CC1. The van der Waals surface area contributed by atoms with Gasteiger partial charge in [0.1, 0.15) is 5.82 Å².